The lowest BCUT2D eigenvalue weighted by Gasteiger charge is -2.44. The fourth-order valence-corrected chi connectivity index (χ4v) is 4.32. The number of imide groups is 1. The van der Waals surface area contributed by atoms with Crippen molar-refractivity contribution < 1.29 is 9.59 Å². The van der Waals surface area contributed by atoms with Crippen LogP contribution in [0, 0.1) is 11.8 Å². The Hall–Kier alpha value is -1.06. The van der Waals surface area contributed by atoms with Crippen LogP contribution < -0.4 is 10.6 Å². The van der Waals surface area contributed by atoms with E-state index < -0.39 is 5.54 Å². The van der Waals surface area contributed by atoms with Gasteiger partial charge < -0.3 is 5.32 Å². The van der Waals surface area contributed by atoms with E-state index in [1.807, 2.05) is 0 Å². The molecule has 0 aromatic carbocycles. The molecule has 2 N–H and O–H groups in total. The maximum Gasteiger partial charge on any atom is 0.322 e. The highest BCUT2D eigenvalue weighted by Gasteiger charge is 2.54. The Kier molecular flexibility index (Phi) is 3.04. The summed E-state index contributed by atoms with van der Waals surface area (Å²) in [6.07, 6.45) is 10.5. The molecule has 1 spiro atoms. The summed E-state index contributed by atoms with van der Waals surface area (Å²) in [5, 5.41) is 5.42. The van der Waals surface area contributed by atoms with E-state index in [1.54, 1.807) is 0 Å². The van der Waals surface area contributed by atoms with Crippen LogP contribution in [0.2, 0.25) is 0 Å². The molecular formula is C14H22N2O2. The van der Waals surface area contributed by atoms with E-state index in [2.05, 4.69) is 10.6 Å². The summed E-state index contributed by atoms with van der Waals surface area (Å²) in [6.45, 7) is 0. The Morgan fingerprint density at radius 3 is 2.33 bits per heavy atom. The molecule has 4 heteroatoms. The van der Waals surface area contributed by atoms with E-state index in [0.717, 1.165) is 19.3 Å². The Labute approximate surface area is 108 Å². The molecular weight excluding hydrogens is 228 g/mol. The lowest BCUT2D eigenvalue weighted by atomic mass is 9.64. The van der Waals surface area contributed by atoms with E-state index in [4.69, 9.17) is 0 Å². The molecule has 0 radical (unpaired) electrons. The number of rotatable bonds is 1. The van der Waals surface area contributed by atoms with Crippen LogP contribution in [0.5, 0.6) is 0 Å². The summed E-state index contributed by atoms with van der Waals surface area (Å²) >= 11 is 0. The van der Waals surface area contributed by atoms with Gasteiger partial charge in [0.2, 0.25) is 0 Å². The Morgan fingerprint density at radius 1 is 0.944 bits per heavy atom. The van der Waals surface area contributed by atoms with Gasteiger partial charge in [0.15, 0.2) is 0 Å². The average molecular weight is 250 g/mol. The second-order valence-corrected chi connectivity index (χ2v) is 6.13. The SMILES string of the molecule is O=C1NC(=O)[C@@]2(CCCC[C@H]2C2CCCCC2)N1. The molecule has 0 aromatic heterocycles. The van der Waals surface area contributed by atoms with Gasteiger partial charge in [0.05, 0.1) is 0 Å². The van der Waals surface area contributed by atoms with Gasteiger partial charge in [0.1, 0.15) is 5.54 Å². The van der Waals surface area contributed by atoms with Crippen LogP contribution >= 0.6 is 0 Å². The molecule has 18 heavy (non-hydrogen) atoms. The van der Waals surface area contributed by atoms with Crippen LogP contribution in [-0.4, -0.2) is 17.5 Å². The van der Waals surface area contributed by atoms with Gasteiger partial charge in [-0.25, -0.2) is 4.79 Å². The van der Waals surface area contributed by atoms with Crippen LogP contribution in [0.25, 0.3) is 0 Å². The highest BCUT2D eigenvalue weighted by atomic mass is 16.2. The Morgan fingerprint density at radius 2 is 1.67 bits per heavy atom. The molecule has 2 aliphatic carbocycles. The molecule has 100 valence electrons. The Balaban J connectivity index is 1.85. The zero-order valence-electron chi connectivity index (χ0n) is 10.8. The summed E-state index contributed by atoms with van der Waals surface area (Å²) in [5.74, 6) is 0.920. The average Bonchev–Trinajstić information content (AvgIpc) is 2.66. The zero-order valence-corrected chi connectivity index (χ0v) is 10.8. The molecule has 1 saturated heterocycles. The lowest BCUT2D eigenvalue weighted by molar-refractivity contribution is -0.128. The Bertz CT molecular complexity index is 363. The summed E-state index contributed by atoms with van der Waals surface area (Å²) in [4.78, 5) is 23.7. The molecule has 2 saturated carbocycles. The third-order valence-corrected chi connectivity index (χ3v) is 5.16. The number of carbonyl (C=O) groups is 2. The minimum Gasteiger partial charge on any atom is -0.323 e. The lowest BCUT2D eigenvalue weighted by Crippen LogP contribution is -2.57. The molecule has 2 atom stereocenters. The van der Waals surface area contributed by atoms with Gasteiger partial charge in [-0.3, -0.25) is 10.1 Å². The quantitative estimate of drug-likeness (QED) is 0.702. The first kappa shape index (κ1) is 12.0. The molecule has 3 aliphatic rings. The largest absolute Gasteiger partial charge is 0.323 e. The van der Waals surface area contributed by atoms with Crippen molar-refractivity contribution in [1.82, 2.24) is 10.6 Å². The topological polar surface area (TPSA) is 58.2 Å². The number of hydrogen-bond donors (Lipinski definition) is 2. The van der Waals surface area contributed by atoms with Crippen molar-refractivity contribution in [3.05, 3.63) is 0 Å². The maximum atomic E-state index is 12.2. The first-order valence-electron chi connectivity index (χ1n) is 7.36. The fourth-order valence-electron chi connectivity index (χ4n) is 4.32. The second kappa shape index (κ2) is 4.56. The van der Waals surface area contributed by atoms with Gasteiger partial charge in [-0.05, 0) is 24.7 Å². The number of nitrogens with one attached hydrogen (secondary N) is 2. The van der Waals surface area contributed by atoms with Gasteiger partial charge in [-0.15, -0.1) is 0 Å². The predicted molar refractivity (Wildman–Crippen MR) is 67.9 cm³/mol. The first-order chi connectivity index (χ1) is 8.72. The normalized spacial score (nSPS) is 37.7. The molecule has 3 amide bonds. The molecule has 3 rings (SSSR count). The number of hydrogen-bond acceptors (Lipinski definition) is 2. The van der Waals surface area contributed by atoms with Crippen molar-refractivity contribution in [2.45, 2.75) is 63.3 Å². The van der Waals surface area contributed by atoms with E-state index in [9.17, 15) is 9.59 Å². The molecule has 1 heterocycles. The van der Waals surface area contributed by atoms with Crippen molar-refractivity contribution in [3.8, 4) is 0 Å². The van der Waals surface area contributed by atoms with Crippen molar-refractivity contribution >= 4 is 11.9 Å². The van der Waals surface area contributed by atoms with Crippen molar-refractivity contribution in [2.75, 3.05) is 0 Å². The third kappa shape index (κ3) is 1.82. The predicted octanol–water partition coefficient (Wildman–Crippen LogP) is 2.34. The van der Waals surface area contributed by atoms with E-state index in [0.29, 0.717) is 11.8 Å². The van der Waals surface area contributed by atoms with Crippen LogP contribution in [0.3, 0.4) is 0 Å². The second-order valence-electron chi connectivity index (χ2n) is 6.13. The third-order valence-electron chi connectivity index (χ3n) is 5.16. The van der Waals surface area contributed by atoms with Crippen molar-refractivity contribution in [2.24, 2.45) is 11.8 Å². The molecule has 3 fully saturated rings. The molecule has 4 nitrogen and oxygen atoms in total. The van der Waals surface area contributed by atoms with Gasteiger partial charge in [0.25, 0.3) is 5.91 Å². The number of amides is 3. The van der Waals surface area contributed by atoms with Crippen LogP contribution in [0.1, 0.15) is 57.8 Å². The highest BCUT2D eigenvalue weighted by Crippen LogP contribution is 2.44. The van der Waals surface area contributed by atoms with Crippen LogP contribution in [0.4, 0.5) is 4.79 Å². The number of carbonyl (C=O) groups excluding carboxylic acids is 2. The first-order valence-corrected chi connectivity index (χ1v) is 7.36. The monoisotopic (exact) mass is 250 g/mol. The minimum absolute atomic E-state index is 0.0669. The summed E-state index contributed by atoms with van der Waals surface area (Å²) < 4.78 is 0. The molecule has 0 bridgehead atoms. The summed E-state index contributed by atoms with van der Waals surface area (Å²) in [6, 6.07) is -0.289. The molecule has 1 aliphatic heterocycles. The van der Waals surface area contributed by atoms with Crippen molar-refractivity contribution in [1.29, 1.82) is 0 Å². The smallest absolute Gasteiger partial charge is 0.322 e. The summed E-state index contributed by atoms with van der Waals surface area (Å²) in [7, 11) is 0. The highest BCUT2D eigenvalue weighted by molar-refractivity contribution is 6.07. The standard InChI is InChI=1S/C14H22N2O2/c17-12-14(16-13(18)15-12)9-5-4-8-11(14)10-6-2-1-3-7-10/h10-11H,1-9H2,(H2,15,16,17,18)/t11-,14-/m0/s1. The van der Waals surface area contributed by atoms with Gasteiger partial charge in [-0.1, -0.05) is 44.9 Å². The minimum atomic E-state index is -0.572. The summed E-state index contributed by atoms with van der Waals surface area (Å²) in [5.41, 5.74) is -0.572. The number of urea groups is 1. The van der Waals surface area contributed by atoms with E-state index >= 15 is 0 Å². The van der Waals surface area contributed by atoms with Crippen LogP contribution in [-0.2, 0) is 4.79 Å². The van der Waals surface area contributed by atoms with Crippen molar-refractivity contribution in [3.63, 3.8) is 0 Å². The van der Waals surface area contributed by atoms with E-state index in [-0.39, 0.29) is 11.9 Å². The zero-order chi connectivity index (χ0) is 12.6. The fraction of sp³-hybridized carbons (Fsp3) is 0.857. The van der Waals surface area contributed by atoms with Gasteiger partial charge in [0, 0.05) is 0 Å². The van der Waals surface area contributed by atoms with Gasteiger partial charge >= 0.3 is 6.03 Å². The molecule has 0 aromatic rings. The van der Waals surface area contributed by atoms with E-state index in [1.165, 1.54) is 38.5 Å². The van der Waals surface area contributed by atoms with Gasteiger partial charge in [-0.2, -0.15) is 0 Å². The van der Waals surface area contributed by atoms with Crippen LogP contribution in [0.15, 0.2) is 0 Å². The molecule has 0 unspecified atom stereocenters. The maximum absolute atomic E-state index is 12.2.